The van der Waals surface area contributed by atoms with Gasteiger partial charge in [-0.1, -0.05) is 66.0 Å². The normalized spacial score (nSPS) is 25.5. The number of benzene rings is 2. The van der Waals surface area contributed by atoms with Gasteiger partial charge in [0.05, 0.1) is 10.7 Å². The van der Waals surface area contributed by atoms with Crippen LogP contribution in [0.5, 0.6) is 5.75 Å². The Morgan fingerprint density at radius 2 is 2.07 bits per heavy atom. The van der Waals surface area contributed by atoms with Crippen molar-refractivity contribution in [3.05, 3.63) is 62.5 Å². The van der Waals surface area contributed by atoms with Gasteiger partial charge in [-0.15, -0.1) is 0 Å². The molecule has 1 amide bonds. The van der Waals surface area contributed by atoms with Crippen LogP contribution in [-0.4, -0.2) is 12.1 Å². The second kappa shape index (κ2) is 8.60. The molecule has 0 aliphatic heterocycles. The molecule has 4 rings (SSSR count). The van der Waals surface area contributed by atoms with E-state index in [0.717, 1.165) is 32.9 Å². The lowest BCUT2D eigenvalue weighted by molar-refractivity contribution is -0.123. The summed E-state index contributed by atoms with van der Waals surface area (Å²) in [6.07, 6.45) is 6.43. The van der Waals surface area contributed by atoms with E-state index in [0.29, 0.717) is 18.3 Å². The number of hydrazone groups is 1. The van der Waals surface area contributed by atoms with E-state index < -0.39 is 0 Å². The Morgan fingerprint density at radius 3 is 2.79 bits per heavy atom. The molecule has 4 nitrogen and oxygen atoms in total. The first-order valence-electron chi connectivity index (χ1n) is 9.98. The van der Waals surface area contributed by atoms with E-state index in [1.54, 1.807) is 6.21 Å². The molecule has 3 unspecified atom stereocenters. The zero-order valence-electron chi connectivity index (χ0n) is 16.3. The molecule has 2 saturated carbocycles. The van der Waals surface area contributed by atoms with Crippen molar-refractivity contribution in [1.82, 2.24) is 5.43 Å². The van der Waals surface area contributed by atoms with Gasteiger partial charge in [0.2, 0.25) is 5.91 Å². The summed E-state index contributed by atoms with van der Waals surface area (Å²) < 4.78 is 7.79. The number of fused-ring (bicyclic) bond motifs is 1. The van der Waals surface area contributed by atoms with Gasteiger partial charge >= 0.3 is 0 Å². The molecule has 0 aromatic heterocycles. The Hall–Kier alpha value is -1.66. The predicted molar refractivity (Wildman–Crippen MR) is 122 cm³/mol. The monoisotopic (exact) mass is 518 g/mol. The molecule has 2 aliphatic carbocycles. The average Bonchev–Trinajstić information content (AvgIpc) is 3.33. The van der Waals surface area contributed by atoms with Crippen LogP contribution < -0.4 is 10.2 Å². The van der Waals surface area contributed by atoms with E-state index in [9.17, 15) is 4.79 Å². The Bertz CT molecular complexity index is 932. The first kappa shape index (κ1) is 20.6. The van der Waals surface area contributed by atoms with Crippen LogP contribution in [0.15, 0.2) is 56.5 Å². The van der Waals surface area contributed by atoms with Gasteiger partial charge in [-0.05, 0) is 57.8 Å². The predicted octanol–water partition coefficient (Wildman–Crippen LogP) is 6.07. The van der Waals surface area contributed by atoms with Crippen molar-refractivity contribution in [3.63, 3.8) is 0 Å². The number of hydrogen-bond donors (Lipinski definition) is 1. The van der Waals surface area contributed by atoms with Gasteiger partial charge in [-0.2, -0.15) is 5.10 Å². The van der Waals surface area contributed by atoms with Gasteiger partial charge in [-0.25, -0.2) is 5.43 Å². The maximum atomic E-state index is 12.6. The fourth-order valence-corrected chi connectivity index (χ4v) is 6.02. The summed E-state index contributed by atoms with van der Waals surface area (Å²) in [7, 11) is 0. The number of halogens is 2. The van der Waals surface area contributed by atoms with E-state index in [1.165, 1.54) is 12.8 Å². The van der Waals surface area contributed by atoms with Crippen LogP contribution in [0.1, 0.15) is 43.7 Å². The fraction of sp³-hybridized carbons (Fsp3) is 0.391. The number of nitrogens with zero attached hydrogens (tertiary/aromatic N) is 1. The molecular formula is C23H24Br2N2O2. The number of nitrogens with one attached hydrogen (secondary N) is 1. The molecule has 152 valence electrons. The molecule has 0 saturated heterocycles. The number of amides is 1. The van der Waals surface area contributed by atoms with Gasteiger partial charge in [0, 0.05) is 16.0 Å². The Labute approximate surface area is 188 Å². The summed E-state index contributed by atoms with van der Waals surface area (Å²) in [5.41, 5.74) is 4.82. The number of carbonyl (C=O) groups is 1. The maximum Gasteiger partial charge on any atom is 0.244 e. The number of hydrogen-bond acceptors (Lipinski definition) is 3. The number of rotatable bonds is 6. The van der Waals surface area contributed by atoms with E-state index in [4.69, 9.17) is 4.74 Å². The lowest BCUT2D eigenvalue weighted by atomic mass is 9.90. The van der Waals surface area contributed by atoms with Crippen molar-refractivity contribution in [2.24, 2.45) is 22.4 Å². The van der Waals surface area contributed by atoms with Crippen molar-refractivity contribution < 1.29 is 9.53 Å². The van der Waals surface area contributed by atoms with E-state index >= 15 is 0 Å². The minimum Gasteiger partial charge on any atom is -0.487 e. The van der Waals surface area contributed by atoms with Gasteiger partial charge in [0.25, 0.3) is 0 Å². The van der Waals surface area contributed by atoms with Gasteiger partial charge < -0.3 is 4.74 Å². The molecule has 0 radical (unpaired) electrons. The molecular weight excluding hydrogens is 496 g/mol. The fourth-order valence-electron chi connectivity index (χ4n) is 4.64. The molecule has 0 spiro atoms. The lowest BCUT2D eigenvalue weighted by Gasteiger charge is -2.15. The van der Waals surface area contributed by atoms with E-state index in [2.05, 4.69) is 49.3 Å². The summed E-state index contributed by atoms with van der Waals surface area (Å²) in [6.45, 7) is 2.70. The molecule has 2 aromatic carbocycles. The van der Waals surface area contributed by atoms with Crippen molar-refractivity contribution in [1.29, 1.82) is 0 Å². The van der Waals surface area contributed by atoms with E-state index in [1.807, 2.05) is 42.5 Å². The molecule has 2 fully saturated rings. The van der Waals surface area contributed by atoms with Crippen LogP contribution in [0.25, 0.3) is 0 Å². The second-order valence-electron chi connectivity index (χ2n) is 8.15. The molecule has 3 atom stereocenters. The highest BCUT2D eigenvalue weighted by atomic mass is 79.9. The summed E-state index contributed by atoms with van der Waals surface area (Å²) in [6, 6.07) is 13.9. The van der Waals surface area contributed by atoms with Crippen LogP contribution in [0.4, 0.5) is 0 Å². The van der Waals surface area contributed by atoms with E-state index in [-0.39, 0.29) is 17.2 Å². The zero-order valence-corrected chi connectivity index (χ0v) is 19.5. The van der Waals surface area contributed by atoms with Crippen LogP contribution in [0.2, 0.25) is 0 Å². The summed E-state index contributed by atoms with van der Waals surface area (Å²) in [5, 5.41) is 4.24. The van der Waals surface area contributed by atoms with Gasteiger partial charge in [0.15, 0.2) is 0 Å². The lowest BCUT2D eigenvalue weighted by Crippen LogP contribution is -2.22. The number of carbonyl (C=O) groups excluding carboxylic acids is 1. The molecule has 6 heteroatoms. The van der Waals surface area contributed by atoms with Crippen LogP contribution in [0.3, 0.4) is 0 Å². The summed E-state index contributed by atoms with van der Waals surface area (Å²) >= 11 is 7.08. The largest absolute Gasteiger partial charge is 0.487 e. The Morgan fingerprint density at radius 1 is 1.28 bits per heavy atom. The third-order valence-corrected chi connectivity index (χ3v) is 7.30. The first-order valence-corrected chi connectivity index (χ1v) is 11.6. The quantitative estimate of drug-likeness (QED) is 0.372. The highest BCUT2D eigenvalue weighted by molar-refractivity contribution is 9.11. The van der Waals surface area contributed by atoms with Crippen LogP contribution in [-0.2, 0) is 11.4 Å². The molecule has 0 heterocycles. The summed E-state index contributed by atoms with van der Waals surface area (Å²) in [4.78, 5) is 12.6. The van der Waals surface area contributed by atoms with Crippen LogP contribution >= 0.6 is 31.9 Å². The van der Waals surface area contributed by atoms with Gasteiger partial charge in [-0.3, -0.25) is 4.79 Å². The molecule has 0 bridgehead atoms. The first-order chi connectivity index (χ1) is 14.0. The van der Waals surface area contributed by atoms with Crippen molar-refractivity contribution >= 4 is 44.0 Å². The smallest absolute Gasteiger partial charge is 0.244 e. The van der Waals surface area contributed by atoms with Crippen molar-refractivity contribution in [3.8, 4) is 5.75 Å². The standard InChI is InChI=1S/C23H24Br2N2O2/c1-23-10-6-5-9-18(23)20(23)22(28)27-26-13-16-11-17(24)12-19(25)21(16)29-14-15-7-3-2-4-8-15/h2-4,7-8,11-13,18,20H,5-6,9-10,14H2,1H3,(H,27,28). The van der Waals surface area contributed by atoms with Crippen molar-refractivity contribution in [2.75, 3.05) is 0 Å². The third kappa shape index (κ3) is 4.43. The van der Waals surface area contributed by atoms with Crippen molar-refractivity contribution in [2.45, 2.75) is 39.2 Å². The molecule has 29 heavy (non-hydrogen) atoms. The molecule has 2 aliphatic rings. The average molecular weight is 520 g/mol. The number of ether oxygens (including phenoxy) is 1. The molecule has 1 N–H and O–H groups in total. The Kier molecular flexibility index (Phi) is 6.11. The minimum atomic E-state index is 0.0384. The minimum absolute atomic E-state index is 0.0384. The third-order valence-electron chi connectivity index (χ3n) is 6.26. The second-order valence-corrected chi connectivity index (χ2v) is 9.92. The zero-order chi connectivity index (χ0) is 20.4. The maximum absolute atomic E-state index is 12.6. The van der Waals surface area contributed by atoms with Crippen LogP contribution in [0, 0.1) is 17.3 Å². The molecule has 2 aromatic rings. The SMILES string of the molecule is CC12CCCCC1C2C(=O)NN=Cc1cc(Br)cc(Br)c1OCc1ccccc1. The Balaban J connectivity index is 1.44. The summed E-state index contributed by atoms with van der Waals surface area (Å²) in [5.74, 6) is 1.36. The highest BCUT2D eigenvalue weighted by Crippen LogP contribution is 2.66. The van der Waals surface area contributed by atoms with Gasteiger partial charge in [0.1, 0.15) is 12.4 Å². The topological polar surface area (TPSA) is 50.7 Å². The highest BCUT2D eigenvalue weighted by Gasteiger charge is 2.64.